The van der Waals surface area contributed by atoms with Crippen molar-refractivity contribution in [1.29, 1.82) is 0 Å². The molecular weight excluding hydrogens is 302 g/mol. The Labute approximate surface area is 149 Å². The van der Waals surface area contributed by atoms with Crippen LogP contribution in [-0.2, 0) is 4.79 Å². The van der Waals surface area contributed by atoms with E-state index in [1.54, 1.807) is 24.3 Å². The van der Waals surface area contributed by atoms with E-state index in [4.69, 9.17) is 8.22 Å². The molecule has 3 aromatic rings. The Hall–Kier alpha value is -2.95. The molecule has 3 rings (SSSR count). The number of aryl methyl sites for hydroxylation is 1. The maximum absolute atomic E-state index is 13.0. The molecule has 0 aliphatic carbocycles. The van der Waals surface area contributed by atoms with Crippen LogP contribution in [0, 0.1) is 13.8 Å². The van der Waals surface area contributed by atoms with Gasteiger partial charge in [0.25, 0.3) is 11.7 Å². The summed E-state index contributed by atoms with van der Waals surface area (Å²) in [6, 6.07) is 5.69. The lowest BCUT2D eigenvalue weighted by Crippen LogP contribution is -2.31. The van der Waals surface area contributed by atoms with Crippen molar-refractivity contribution in [2.75, 3.05) is 14.1 Å². The third-order valence-corrected chi connectivity index (χ3v) is 3.54. The lowest BCUT2D eigenvalue weighted by molar-refractivity contribution is -0.124. The van der Waals surface area contributed by atoms with E-state index in [-0.39, 0.29) is 17.0 Å². The molecule has 0 bridgehead atoms. The van der Waals surface area contributed by atoms with Gasteiger partial charge in [0, 0.05) is 29.9 Å². The molecule has 2 aromatic heterocycles. The van der Waals surface area contributed by atoms with Gasteiger partial charge < -0.3 is 4.90 Å². The predicted molar refractivity (Wildman–Crippen MR) is 93.1 cm³/mol. The van der Waals surface area contributed by atoms with Crippen molar-refractivity contribution in [3.05, 3.63) is 59.3 Å². The highest BCUT2D eigenvalue weighted by Gasteiger charge is 2.27. The van der Waals surface area contributed by atoms with Crippen LogP contribution >= 0.6 is 0 Å². The molecule has 0 fully saturated rings. The highest BCUT2D eigenvalue weighted by molar-refractivity contribution is 6.43. The van der Waals surface area contributed by atoms with Crippen LogP contribution in [0.2, 0.25) is 0 Å². The number of nitrogens with zero attached hydrogens (tertiary/aromatic N) is 3. The molecule has 0 saturated heterocycles. The number of Topliss-reactive ketones (excluding diaryl/α,β-unsaturated/α-hetero) is 1. The van der Waals surface area contributed by atoms with Crippen LogP contribution in [0.4, 0.5) is 0 Å². The fourth-order valence-corrected chi connectivity index (χ4v) is 2.30. The minimum absolute atomic E-state index is 0.0410. The first-order valence-corrected chi connectivity index (χ1v) is 7.22. The number of carbonyl (C=O) groups excluding carboxylic acids is 2. The second-order valence-corrected chi connectivity index (χ2v) is 5.60. The van der Waals surface area contributed by atoms with Crippen LogP contribution in [0.15, 0.2) is 42.5 Å². The number of hydrogen-bond donors (Lipinski definition) is 0. The average molecular weight is 327 g/mol. The molecule has 0 spiro atoms. The number of imidazole rings is 1. The van der Waals surface area contributed by atoms with Crippen LogP contribution in [0.5, 0.6) is 0 Å². The van der Waals surface area contributed by atoms with Crippen LogP contribution < -0.4 is 0 Å². The van der Waals surface area contributed by atoms with E-state index in [0.717, 1.165) is 14.9 Å². The molecule has 1 amide bonds. The van der Waals surface area contributed by atoms with E-state index >= 15 is 0 Å². The second-order valence-electron chi connectivity index (χ2n) is 5.60. The maximum atomic E-state index is 13.0. The zero-order valence-electron chi connectivity index (χ0n) is 19.5. The predicted octanol–water partition coefficient (Wildman–Crippen LogP) is 2.89. The molecule has 0 aliphatic heterocycles. The fourth-order valence-electron chi connectivity index (χ4n) is 2.30. The Kier molecular flexibility index (Phi) is 2.47. The first-order chi connectivity index (χ1) is 13.9. The van der Waals surface area contributed by atoms with Crippen molar-refractivity contribution in [2.24, 2.45) is 0 Å². The number of pyridine rings is 1. The number of likely N-dealkylation sites (N-methyl/N-ethyl adjacent to an activating group) is 1. The van der Waals surface area contributed by atoms with Crippen molar-refractivity contribution in [1.82, 2.24) is 14.3 Å². The Morgan fingerprint density at radius 2 is 1.88 bits per heavy atom. The highest BCUT2D eigenvalue weighted by Crippen LogP contribution is 2.26. The Bertz CT molecular complexity index is 1180. The molecule has 0 N–H and O–H groups in total. The summed E-state index contributed by atoms with van der Waals surface area (Å²) >= 11 is 0. The van der Waals surface area contributed by atoms with E-state index < -0.39 is 42.4 Å². The van der Waals surface area contributed by atoms with Gasteiger partial charge in [-0.15, -0.1) is 0 Å². The topological polar surface area (TPSA) is 54.7 Å². The number of rotatable bonds is 3. The monoisotopic (exact) mass is 327 g/mol. The zero-order chi connectivity index (χ0) is 22.5. The SMILES string of the molecule is [2H]c1c(C([2H])([2H])[2H])c([2H])n2c(C(=O)C(=O)N(C)C)c(-c3ccc(C)cc3)nc2c1[2H]. The molecule has 5 nitrogen and oxygen atoms in total. The number of amides is 1. The number of ketones is 1. The minimum atomic E-state index is -2.86. The smallest absolute Gasteiger partial charge is 0.296 e. The summed E-state index contributed by atoms with van der Waals surface area (Å²) in [5, 5.41) is 0. The number of aromatic nitrogens is 2. The molecule has 1 aromatic carbocycles. The standard InChI is InChI=1S/C19H19N3O2/c1-12-5-8-14(9-6-12)16-17(18(23)19(24)21(3)4)22-11-13(2)7-10-15(22)20-16/h5-11H,1-4H3/i2D3,7D,10D,11D. The molecule has 0 unspecified atom stereocenters. The maximum Gasteiger partial charge on any atom is 0.296 e. The van der Waals surface area contributed by atoms with Gasteiger partial charge in [-0.05, 0) is 25.4 Å². The normalized spacial score (nSPS) is 15.0. The Balaban J connectivity index is 2.50. The van der Waals surface area contributed by atoms with Gasteiger partial charge in [0.05, 0.1) is 4.11 Å². The van der Waals surface area contributed by atoms with Crippen LogP contribution in [0.25, 0.3) is 16.9 Å². The quantitative estimate of drug-likeness (QED) is 0.549. The minimum Gasteiger partial charge on any atom is -0.342 e. The molecule has 0 radical (unpaired) electrons. The van der Waals surface area contributed by atoms with Gasteiger partial charge in [0.15, 0.2) is 0 Å². The lowest BCUT2D eigenvalue weighted by Gasteiger charge is -2.10. The number of hydrogen-bond acceptors (Lipinski definition) is 3. The van der Waals surface area contributed by atoms with E-state index in [0.29, 0.717) is 5.56 Å². The van der Waals surface area contributed by atoms with Crippen molar-refractivity contribution in [3.8, 4) is 11.3 Å². The third-order valence-electron chi connectivity index (χ3n) is 3.54. The van der Waals surface area contributed by atoms with Gasteiger partial charge in [0.1, 0.15) is 17.0 Å². The largest absolute Gasteiger partial charge is 0.342 e. The van der Waals surface area contributed by atoms with Crippen molar-refractivity contribution < 1.29 is 17.8 Å². The summed E-state index contributed by atoms with van der Waals surface area (Å²) < 4.78 is 48.6. The zero-order valence-corrected chi connectivity index (χ0v) is 13.5. The molecule has 0 atom stereocenters. The first kappa shape index (κ1) is 10.0. The molecule has 5 heteroatoms. The summed E-state index contributed by atoms with van der Waals surface area (Å²) in [4.78, 5) is 30.8. The summed E-state index contributed by atoms with van der Waals surface area (Å²) in [6.07, 6.45) is -0.674. The molecular formula is C19H19N3O2. The van der Waals surface area contributed by atoms with Crippen molar-refractivity contribution in [2.45, 2.75) is 13.8 Å². The lowest BCUT2D eigenvalue weighted by atomic mass is 10.1. The van der Waals surface area contributed by atoms with Crippen LogP contribution in [-0.4, -0.2) is 40.1 Å². The van der Waals surface area contributed by atoms with Gasteiger partial charge in [0.2, 0.25) is 0 Å². The Morgan fingerprint density at radius 3 is 2.50 bits per heavy atom. The molecule has 24 heavy (non-hydrogen) atoms. The van der Waals surface area contributed by atoms with E-state index in [1.165, 1.54) is 14.1 Å². The summed E-state index contributed by atoms with van der Waals surface area (Å²) in [5.74, 6) is -1.88. The Morgan fingerprint density at radius 1 is 1.17 bits per heavy atom. The molecule has 2 heterocycles. The molecule has 0 aliphatic rings. The average Bonchev–Trinajstić information content (AvgIpc) is 3.05. The van der Waals surface area contributed by atoms with Gasteiger partial charge in [-0.25, -0.2) is 4.98 Å². The van der Waals surface area contributed by atoms with Gasteiger partial charge >= 0.3 is 0 Å². The van der Waals surface area contributed by atoms with E-state index in [9.17, 15) is 9.59 Å². The number of carbonyl (C=O) groups is 2. The summed E-state index contributed by atoms with van der Waals surface area (Å²) in [5.41, 5.74) is 0.221. The number of benzene rings is 1. The van der Waals surface area contributed by atoms with Crippen LogP contribution in [0.1, 0.15) is 29.8 Å². The molecule has 122 valence electrons. The summed E-state index contributed by atoms with van der Waals surface area (Å²) in [6.45, 7) is -0.994. The van der Waals surface area contributed by atoms with Gasteiger partial charge in [-0.3, -0.25) is 14.0 Å². The van der Waals surface area contributed by atoms with Gasteiger partial charge in [-0.2, -0.15) is 0 Å². The van der Waals surface area contributed by atoms with E-state index in [2.05, 4.69) is 4.98 Å². The van der Waals surface area contributed by atoms with E-state index in [1.807, 2.05) is 6.92 Å². The van der Waals surface area contributed by atoms with Crippen LogP contribution in [0.3, 0.4) is 0 Å². The highest BCUT2D eigenvalue weighted by atomic mass is 16.2. The van der Waals surface area contributed by atoms with Gasteiger partial charge in [-0.1, -0.05) is 35.9 Å². The number of fused-ring (bicyclic) bond motifs is 1. The second kappa shape index (κ2) is 5.92. The first-order valence-electron chi connectivity index (χ1n) is 10.2. The van der Waals surface area contributed by atoms with Crippen molar-refractivity contribution in [3.63, 3.8) is 0 Å². The fraction of sp³-hybridized carbons (Fsp3) is 0.211. The molecule has 0 saturated carbocycles. The van der Waals surface area contributed by atoms with Crippen molar-refractivity contribution >= 4 is 17.3 Å². The third kappa shape index (κ3) is 2.69. The summed E-state index contributed by atoms with van der Waals surface area (Å²) in [7, 11) is 2.78.